The van der Waals surface area contributed by atoms with Gasteiger partial charge in [0.1, 0.15) is 91.6 Å². The minimum atomic E-state index is -1.81. The molecule has 8 rings (SSSR count). The van der Waals surface area contributed by atoms with E-state index >= 15 is 0 Å². The molecule has 8 fully saturated rings. The van der Waals surface area contributed by atoms with Crippen LogP contribution in [0.5, 0.6) is 0 Å². The molecule has 0 unspecified atom stereocenters. The average molecular weight is 1080 g/mol. The van der Waals surface area contributed by atoms with Crippen molar-refractivity contribution in [2.45, 2.75) is 248 Å². The largest absolute Gasteiger partial charge is 0.394 e. The Morgan fingerprint density at radius 2 is 1.16 bits per heavy atom. The maximum Gasteiger partial charge on any atom is 0.187 e. The third kappa shape index (κ3) is 10.6. The zero-order valence-electron chi connectivity index (χ0n) is 44.7. The van der Waals surface area contributed by atoms with E-state index in [4.69, 9.17) is 37.9 Å². The second-order valence-electron chi connectivity index (χ2n) is 25.3. The third-order valence-electron chi connectivity index (χ3n) is 20.5. The molecular formula is C53H90O22. The van der Waals surface area contributed by atoms with Gasteiger partial charge in [-0.15, -0.1) is 0 Å². The molecule has 4 heterocycles. The summed E-state index contributed by atoms with van der Waals surface area (Å²) >= 11 is 0. The quantitative estimate of drug-likeness (QED) is 0.0651. The number of fused-ring (bicyclic) bond motifs is 5. The highest BCUT2D eigenvalue weighted by atomic mass is 16.8. The molecule has 0 aromatic heterocycles. The van der Waals surface area contributed by atoms with Crippen molar-refractivity contribution < 1.29 is 109 Å². The van der Waals surface area contributed by atoms with E-state index in [0.717, 1.165) is 24.8 Å². The number of aliphatic hydroxyl groups excluding tert-OH is 14. The molecule has 29 atom stereocenters. The van der Waals surface area contributed by atoms with Crippen molar-refractivity contribution in [2.24, 2.45) is 45.3 Å². The SMILES string of the molecule is CC(C)=CCC[C@@](C)(O[C@H]1O[C@@H](CO[C@H]2OC[C@@H](O)[C@@H](O)[C@@H]2O)[C@H](O)[C@@H](O)[C@@H]1O)[C@@H]1CC[C@@]2(C)[C@H]1[C@@H](O)C[C@H]1[C@]3(C)CC[C@@H](O[C@H]4O[C@@H](CO)[C@H](O)[C@@H](O)[C@@H]4O[C@H]4O[C@@H](CO)[C@H](O)[C@@H](O)[C@@H]4O)C(C)(C)[C@H]3CC[C@@]12C. The zero-order valence-corrected chi connectivity index (χ0v) is 44.7. The molecule has 22 nitrogen and oxygen atoms in total. The van der Waals surface area contributed by atoms with E-state index in [0.29, 0.717) is 38.5 Å². The van der Waals surface area contributed by atoms with Gasteiger partial charge >= 0.3 is 0 Å². The van der Waals surface area contributed by atoms with E-state index in [1.54, 1.807) is 0 Å². The molecular weight excluding hydrogens is 989 g/mol. The van der Waals surface area contributed by atoms with Crippen molar-refractivity contribution in [2.75, 3.05) is 26.4 Å². The van der Waals surface area contributed by atoms with Crippen molar-refractivity contribution >= 4 is 0 Å². The molecule has 0 radical (unpaired) electrons. The standard InChI is InChI=1S/C53H90O22/c1-23(2)10-9-14-53(8,75-47-43(67)39(63)37(61)29(72-47)22-69-45-41(65)34(58)26(57)21-68-45)24-11-16-52(7)33(24)25(56)18-31-50(5)15-13-32(49(3,4)30(50)12-17-51(31,52)6)73-48-44(40(64)36(60)28(20-55)71-48)74-46-42(66)38(62)35(59)27(19-54)70-46/h10,24-48,54-67H,9,11-22H2,1-8H3/t24-,25+,26-,27+,28+,29+,30-,31+,32-,33-,34-,35+,36+,37+,38-,39-,40-,41+,42+,43+,44+,45-,46-,47-,48-,50-,51+,52+,53-/m1/s1. The fraction of sp³-hybridized carbons (Fsp3) is 0.962. The normalized spacial score (nSPS) is 52.7. The van der Waals surface area contributed by atoms with Crippen molar-refractivity contribution in [3.63, 3.8) is 0 Å². The van der Waals surface area contributed by atoms with Gasteiger partial charge in [0, 0.05) is 0 Å². The Kier molecular flexibility index (Phi) is 18.1. The van der Waals surface area contributed by atoms with E-state index in [-0.39, 0.29) is 41.1 Å². The Morgan fingerprint density at radius 1 is 0.587 bits per heavy atom. The molecule has 14 N–H and O–H groups in total. The smallest absolute Gasteiger partial charge is 0.187 e. The van der Waals surface area contributed by atoms with E-state index in [2.05, 4.69) is 40.7 Å². The van der Waals surface area contributed by atoms with E-state index in [1.807, 2.05) is 20.8 Å². The van der Waals surface area contributed by atoms with Crippen molar-refractivity contribution in [1.82, 2.24) is 0 Å². The molecule has 4 aliphatic heterocycles. The van der Waals surface area contributed by atoms with Gasteiger partial charge < -0.3 is 109 Å². The second-order valence-corrected chi connectivity index (χ2v) is 25.3. The maximum atomic E-state index is 12.8. The first-order valence-electron chi connectivity index (χ1n) is 27.3. The van der Waals surface area contributed by atoms with Gasteiger partial charge in [-0.25, -0.2) is 0 Å². The summed E-state index contributed by atoms with van der Waals surface area (Å²) in [5.41, 5.74) is -1.48. The highest BCUT2D eigenvalue weighted by Gasteiger charge is 2.72. The Morgan fingerprint density at radius 3 is 1.80 bits per heavy atom. The molecule has 4 aliphatic carbocycles. The van der Waals surface area contributed by atoms with Gasteiger partial charge in [0.15, 0.2) is 25.2 Å². The molecule has 0 aromatic carbocycles. The van der Waals surface area contributed by atoms with Crippen LogP contribution < -0.4 is 0 Å². The number of ether oxygens (including phenoxy) is 8. The number of allylic oxidation sites excluding steroid dienone is 2. The van der Waals surface area contributed by atoms with Crippen LogP contribution in [0.1, 0.15) is 113 Å². The summed E-state index contributed by atoms with van der Waals surface area (Å²) in [4.78, 5) is 0. The molecule has 4 saturated heterocycles. The van der Waals surface area contributed by atoms with Crippen molar-refractivity contribution in [3.8, 4) is 0 Å². The van der Waals surface area contributed by atoms with Gasteiger partial charge in [-0.1, -0.05) is 46.3 Å². The Balaban J connectivity index is 1.01. The molecule has 75 heavy (non-hydrogen) atoms. The Bertz CT molecular complexity index is 1940. The van der Waals surface area contributed by atoms with Gasteiger partial charge in [-0.2, -0.15) is 0 Å². The fourth-order valence-corrected chi connectivity index (χ4v) is 16.0. The fourth-order valence-electron chi connectivity index (χ4n) is 16.0. The lowest BCUT2D eigenvalue weighted by Gasteiger charge is -2.71. The first-order chi connectivity index (χ1) is 35.1. The van der Waals surface area contributed by atoms with Gasteiger partial charge in [-0.3, -0.25) is 0 Å². The molecule has 22 heteroatoms. The lowest BCUT2D eigenvalue weighted by atomic mass is 9.35. The lowest BCUT2D eigenvalue weighted by Crippen LogP contribution is -2.68. The third-order valence-corrected chi connectivity index (χ3v) is 20.5. The van der Waals surface area contributed by atoms with Crippen LogP contribution >= 0.6 is 0 Å². The molecule has 0 amide bonds. The van der Waals surface area contributed by atoms with Crippen LogP contribution in [0.15, 0.2) is 11.6 Å². The van der Waals surface area contributed by atoms with Crippen LogP contribution in [0.25, 0.3) is 0 Å². The molecule has 0 bridgehead atoms. The summed E-state index contributed by atoms with van der Waals surface area (Å²) in [6.07, 6.45) is -22.6. The molecule has 0 spiro atoms. The topological polar surface area (TPSA) is 357 Å². The van der Waals surface area contributed by atoms with E-state index in [9.17, 15) is 71.5 Å². The number of hydrogen-bond acceptors (Lipinski definition) is 22. The summed E-state index contributed by atoms with van der Waals surface area (Å²) in [5, 5.41) is 151. The predicted octanol–water partition coefficient (Wildman–Crippen LogP) is -1.56. The van der Waals surface area contributed by atoms with Crippen LogP contribution in [-0.4, -0.2) is 232 Å². The van der Waals surface area contributed by atoms with Crippen LogP contribution in [0, 0.1) is 45.3 Å². The summed E-state index contributed by atoms with van der Waals surface area (Å²) in [5.74, 6) is -0.395. The predicted molar refractivity (Wildman–Crippen MR) is 260 cm³/mol. The minimum absolute atomic E-state index is 0.0508. The van der Waals surface area contributed by atoms with Gasteiger partial charge in [0.2, 0.25) is 0 Å². The second kappa shape index (κ2) is 22.7. The minimum Gasteiger partial charge on any atom is -0.394 e. The summed E-state index contributed by atoms with van der Waals surface area (Å²) in [6.45, 7) is 15.1. The van der Waals surface area contributed by atoms with Crippen LogP contribution in [0.4, 0.5) is 0 Å². The highest BCUT2D eigenvalue weighted by molar-refractivity contribution is 5.20. The van der Waals surface area contributed by atoms with Crippen LogP contribution in [0.3, 0.4) is 0 Å². The summed E-state index contributed by atoms with van der Waals surface area (Å²) in [7, 11) is 0. The summed E-state index contributed by atoms with van der Waals surface area (Å²) in [6, 6.07) is 0. The monoisotopic (exact) mass is 1080 g/mol. The van der Waals surface area contributed by atoms with Crippen LogP contribution in [-0.2, 0) is 37.9 Å². The van der Waals surface area contributed by atoms with E-state index < -0.39 is 165 Å². The van der Waals surface area contributed by atoms with Gasteiger partial charge in [-0.05, 0) is 124 Å². The van der Waals surface area contributed by atoms with Crippen LogP contribution in [0.2, 0.25) is 0 Å². The van der Waals surface area contributed by atoms with Gasteiger partial charge in [0.05, 0.1) is 44.2 Å². The summed E-state index contributed by atoms with van der Waals surface area (Å²) < 4.78 is 48.8. The van der Waals surface area contributed by atoms with Gasteiger partial charge in [0.25, 0.3) is 0 Å². The Labute approximate surface area is 439 Å². The number of rotatable bonds is 15. The average Bonchev–Trinajstić information content (AvgIpc) is 3.75. The Hall–Kier alpha value is -1.14. The molecule has 8 aliphatic rings. The van der Waals surface area contributed by atoms with E-state index in [1.165, 1.54) is 0 Å². The zero-order chi connectivity index (χ0) is 55.1. The number of aliphatic hydroxyl groups is 14. The highest BCUT2D eigenvalue weighted by Crippen LogP contribution is 2.76. The molecule has 0 aromatic rings. The first kappa shape index (κ1) is 60.0. The van der Waals surface area contributed by atoms with Crippen molar-refractivity contribution in [3.05, 3.63) is 11.6 Å². The lowest BCUT2D eigenvalue weighted by molar-refractivity contribution is -0.378. The molecule has 434 valence electrons. The maximum absolute atomic E-state index is 12.8. The first-order valence-corrected chi connectivity index (χ1v) is 27.3. The van der Waals surface area contributed by atoms with Crippen molar-refractivity contribution in [1.29, 1.82) is 0 Å². The number of hydrogen-bond donors (Lipinski definition) is 14. The molecule has 4 saturated carbocycles.